The molecule has 88 valence electrons. The summed E-state index contributed by atoms with van der Waals surface area (Å²) in [5.41, 5.74) is 3.02. The molecule has 2 fully saturated rings. The Balaban J connectivity index is 1.86. The van der Waals surface area contributed by atoms with Gasteiger partial charge in [-0.2, -0.15) is 5.26 Å². The third-order valence-corrected chi connectivity index (χ3v) is 4.65. The highest BCUT2D eigenvalue weighted by Crippen LogP contribution is 2.68. The van der Waals surface area contributed by atoms with Gasteiger partial charge in [-0.05, 0) is 48.1 Å². The summed E-state index contributed by atoms with van der Waals surface area (Å²) in [5, 5.41) is 9.48. The minimum absolute atomic E-state index is 0.161. The van der Waals surface area contributed by atoms with Gasteiger partial charge in [0.1, 0.15) is 0 Å². The third kappa shape index (κ3) is 1.59. The van der Waals surface area contributed by atoms with Crippen molar-refractivity contribution in [3.05, 3.63) is 35.4 Å². The van der Waals surface area contributed by atoms with E-state index in [9.17, 15) is 5.26 Å². The van der Waals surface area contributed by atoms with E-state index in [-0.39, 0.29) is 5.41 Å². The first-order valence-electron chi connectivity index (χ1n) is 6.61. The van der Waals surface area contributed by atoms with Crippen LogP contribution < -0.4 is 0 Å². The molecule has 3 rings (SSSR count). The quantitative estimate of drug-likeness (QED) is 0.742. The molecule has 17 heavy (non-hydrogen) atoms. The zero-order valence-electron chi connectivity index (χ0n) is 10.7. The molecule has 1 nitrogen and oxygen atoms in total. The fourth-order valence-electron chi connectivity index (χ4n) is 3.29. The van der Waals surface area contributed by atoms with E-state index < -0.39 is 0 Å². The molecule has 0 aliphatic heterocycles. The summed E-state index contributed by atoms with van der Waals surface area (Å²) >= 11 is 0. The number of rotatable bonds is 2. The minimum Gasteiger partial charge on any atom is -0.197 e. The van der Waals surface area contributed by atoms with E-state index in [1.165, 1.54) is 24.0 Å². The molecule has 1 aromatic rings. The molecule has 1 aromatic carbocycles. The number of benzene rings is 1. The van der Waals surface area contributed by atoms with Gasteiger partial charge in [-0.1, -0.05) is 38.1 Å². The maximum absolute atomic E-state index is 9.48. The van der Waals surface area contributed by atoms with Gasteiger partial charge in [0.25, 0.3) is 0 Å². The van der Waals surface area contributed by atoms with Crippen LogP contribution in [-0.2, 0) is 5.41 Å². The van der Waals surface area contributed by atoms with E-state index >= 15 is 0 Å². The lowest BCUT2D eigenvalue weighted by atomic mass is 9.57. The summed E-state index contributed by atoms with van der Waals surface area (Å²) in [6, 6.07) is 11.3. The van der Waals surface area contributed by atoms with E-state index in [4.69, 9.17) is 0 Å². The highest BCUT2D eigenvalue weighted by molar-refractivity contribution is 5.41. The summed E-state index contributed by atoms with van der Waals surface area (Å²) in [6.45, 7) is 4.41. The Labute approximate surface area is 103 Å². The van der Waals surface area contributed by atoms with Crippen molar-refractivity contribution in [1.29, 1.82) is 5.26 Å². The molecule has 0 radical (unpaired) electrons. The lowest BCUT2D eigenvalue weighted by Gasteiger charge is -2.44. The van der Waals surface area contributed by atoms with E-state index in [0.717, 1.165) is 12.8 Å². The van der Waals surface area contributed by atoms with Crippen molar-refractivity contribution < 1.29 is 0 Å². The summed E-state index contributed by atoms with van der Waals surface area (Å²) in [7, 11) is 0. The molecule has 2 aliphatic rings. The lowest BCUT2D eigenvalue weighted by molar-refractivity contribution is 0.173. The highest BCUT2D eigenvalue weighted by atomic mass is 14.6. The Morgan fingerprint density at radius 3 is 2.12 bits per heavy atom. The molecule has 0 amide bonds. The van der Waals surface area contributed by atoms with Gasteiger partial charge in [-0.25, -0.2) is 0 Å². The van der Waals surface area contributed by atoms with Crippen molar-refractivity contribution in [2.45, 2.75) is 50.9 Å². The highest BCUT2D eigenvalue weighted by Gasteiger charge is 2.61. The van der Waals surface area contributed by atoms with Crippen LogP contribution in [0, 0.1) is 16.7 Å². The normalized spacial score (nSPS) is 23.2. The molecule has 0 bridgehead atoms. The molecule has 0 heterocycles. The Morgan fingerprint density at radius 1 is 1.12 bits per heavy atom. The Hall–Kier alpha value is -1.29. The monoisotopic (exact) mass is 225 g/mol. The second-order valence-electron chi connectivity index (χ2n) is 6.32. The largest absolute Gasteiger partial charge is 0.197 e. The Bertz CT molecular complexity index is 463. The number of hydrogen-bond acceptors (Lipinski definition) is 1. The summed E-state index contributed by atoms with van der Waals surface area (Å²) in [5.74, 6) is 0.568. The van der Waals surface area contributed by atoms with Crippen LogP contribution in [0.1, 0.15) is 56.6 Å². The van der Waals surface area contributed by atoms with Gasteiger partial charge < -0.3 is 0 Å². The predicted molar refractivity (Wildman–Crippen MR) is 68.7 cm³/mol. The number of nitrogens with zero attached hydrogens (tertiary/aromatic N) is 1. The van der Waals surface area contributed by atoms with E-state index in [2.05, 4.69) is 44.2 Å². The molecule has 0 saturated heterocycles. The molecule has 1 heteroatoms. The van der Waals surface area contributed by atoms with Gasteiger partial charge in [-0.3, -0.25) is 0 Å². The SMILES string of the molecule is CC(C)c1ccc(C2(C#N)CC3(CC3)C2)cc1. The van der Waals surface area contributed by atoms with Crippen molar-refractivity contribution in [2.75, 3.05) is 0 Å². The number of hydrogen-bond donors (Lipinski definition) is 0. The number of nitriles is 1. The van der Waals surface area contributed by atoms with Crippen molar-refractivity contribution in [1.82, 2.24) is 0 Å². The average Bonchev–Trinajstić information content (AvgIpc) is 3.07. The van der Waals surface area contributed by atoms with Gasteiger partial charge >= 0.3 is 0 Å². The standard InChI is InChI=1S/C16H19N/c1-12(2)13-3-5-14(6-4-13)16(11-17)9-15(10-16)7-8-15/h3-6,12H,7-10H2,1-2H3. The average molecular weight is 225 g/mol. The first-order chi connectivity index (χ1) is 8.09. The van der Waals surface area contributed by atoms with Gasteiger partial charge in [0.2, 0.25) is 0 Å². The zero-order chi connectivity index (χ0) is 12.1. The molecule has 0 unspecified atom stereocenters. The van der Waals surface area contributed by atoms with E-state index in [0.29, 0.717) is 11.3 Å². The van der Waals surface area contributed by atoms with Crippen molar-refractivity contribution >= 4 is 0 Å². The maximum Gasteiger partial charge on any atom is 0.0833 e. The first-order valence-corrected chi connectivity index (χ1v) is 6.61. The summed E-state index contributed by atoms with van der Waals surface area (Å²) in [4.78, 5) is 0. The fourth-order valence-corrected chi connectivity index (χ4v) is 3.29. The van der Waals surface area contributed by atoms with Gasteiger partial charge in [0.15, 0.2) is 0 Å². The van der Waals surface area contributed by atoms with E-state index in [1.54, 1.807) is 0 Å². The second kappa shape index (κ2) is 3.35. The van der Waals surface area contributed by atoms with Crippen molar-refractivity contribution in [3.63, 3.8) is 0 Å². The molecule has 0 aromatic heterocycles. The predicted octanol–water partition coefficient (Wildman–Crippen LogP) is 4.15. The van der Waals surface area contributed by atoms with E-state index in [1.807, 2.05) is 0 Å². The third-order valence-electron chi connectivity index (χ3n) is 4.65. The van der Waals surface area contributed by atoms with Crippen LogP contribution in [0.2, 0.25) is 0 Å². The lowest BCUT2D eigenvalue weighted by Crippen LogP contribution is -2.41. The van der Waals surface area contributed by atoms with Gasteiger partial charge in [-0.15, -0.1) is 0 Å². The van der Waals surface area contributed by atoms with Crippen molar-refractivity contribution in [2.24, 2.45) is 5.41 Å². The molecule has 2 saturated carbocycles. The molecular formula is C16H19N. The Morgan fingerprint density at radius 2 is 1.71 bits per heavy atom. The molecule has 1 spiro atoms. The fraction of sp³-hybridized carbons (Fsp3) is 0.562. The summed E-state index contributed by atoms with van der Waals surface area (Å²) < 4.78 is 0. The van der Waals surface area contributed by atoms with Gasteiger partial charge in [0, 0.05) is 0 Å². The molecular weight excluding hydrogens is 206 g/mol. The van der Waals surface area contributed by atoms with Crippen LogP contribution in [0.5, 0.6) is 0 Å². The van der Waals surface area contributed by atoms with Crippen LogP contribution in [0.4, 0.5) is 0 Å². The topological polar surface area (TPSA) is 23.8 Å². The van der Waals surface area contributed by atoms with Crippen LogP contribution >= 0.6 is 0 Å². The van der Waals surface area contributed by atoms with Crippen LogP contribution in [0.3, 0.4) is 0 Å². The van der Waals surface area contributed by atoms with Crippen LogP contribution in [0.15, 0.2) is 24.3 Å². The summed E-state index contributed by atoms with van der Waals surface area (Å²) in [6.07, 6.45) is 4.88. The van der Waals surface area contributed by atoms with Crippen molar-refractivity contribution in [3.8, 4) is 6.07 Å². The zero-order valence-corrected chi connectivity index (χ0v) is 10.7. The van der Waals surface area contributed by atoms with Crippen LogP contribution in [0.25, 0.3) is 0 Å². The first kappa shape index (κ1) is 10.8. The maximum atomic E-state index is 9.48. The Kier molecular flexibility index (Phi) is 2.14. The second-order valence-corrected chi connectivity index (χ2v) is 6.32. The molecule has 0 atom stereocenters. The molecule has 0 N–H and O–H groups in total. The van der Waals surface area contributed by atoms with Gasteiger partial charge in [0.05, 0.1) is 11.5 Å². The molecule has 2 aliphatic carbocycles. The van der Waals surface area contributed by atoms with Crippen LogP contribution in [-0.4, -0.2) is 0 Å². The minimum atomic E-state index is -0.161. The smallest absolute Gasteiger partial charge is 0.0833 e.